The average molecular weight is 380 g/mol. The zero-order valence-corrected chi connectivity index (χ0v) is 17.1. The summed E-state index contributed by atoms with van der Waals surface area (Å²) in [5.74, 6) is 1.23. The number of aromatic hydroxyl groups is 1. The monoisotopic (exact) mass is 379 g/mol. The Bertz CT molecular complexity index is 728. The highest BCUT2D eigenvalue weighted by Gasteiger charge is 2.11. The van der Waals surface area contributed by atoms with E-state index in [1.54, 1.807) is 12.1 Å². The van der Waals surface area contributed by atoms with Crippen LogP contribution in [0.1, 0.15) is 56.6 Å². The lowest BCUT2D eigenvalue weighted by molar-refractivity contribution is 0.238. The third-order valence-electron chi connectivity index (χ3n) is 5.37. The second-order valence-electron chi connectivity index (χ2n) is 7.58. The molecular weight excluding hydrogens is 346 g/mol. The number of unbranched alkanes of at least 4 members (excludes halogenated alkanes) is 3. The molecule has 0 spiro atoms. The molecule has 3 heteroatoms. The van der Waals surface area contributed by atoms with Gasteiger partial charge in [0.15, 0.2) is 0 Å². The van der Waals surface area contributed by atoms with Crippen molar-refractivity contribution in [2.24, 2.45) is 0 Å². The molecule has 0 radical (unpaired) electrons. The standard InChI is InChI=1S/C25H33NO2/c1-2-3-4-5-8-25(21-9-13-23(27)14-10-21)22-11-15-24(16-12-22)28-20-19-26-17-6-7-18-26/h8-16,27H,2-7,17-20H2,1H3/b25-8-. The van der Waals surface area contributed by atoms with Gasteiger partial charge in [0.2, 0.25) is 0 Å². The highest BCUT2D eigenvalue weighted by molar-refractivity contribution is 5.80. The van der Waals surface area contributed by atoms with Crippen LogP contribution in [0, 0.1) is 0 Å². The van der Waals surface area contributed by atoms with Crippen molar-refractivity contribution in [1.82, 2.24) is 4.90 Å². The summed E-state index contributed by atoms with van der Waals surface area (Å²) in [6, 6.07) is 15.9. The molecule has 1 heterocycles. The molecule has 3 nitrogen and oxygen atoms in total. The molecule has 0 aromatic heterocycles. The highest BCUT2D eigenvalue weighted by atomic mass is 16.5. The van der Waals surface area contributed by atoms with Crippen molar-refractivity contribution in [2.75, 3.05) is 26.2 Å². The zero-order valence-electron chi connectivity index (χ0n) is 17.1. The van der Waals surface area contributed by atoms with Gasteiger partial charge in [-0.15, -0.1) is 0 Å². The second kappa shape index (κ2) is 10.9. The quantitative estimate of drug-likeness (QED) is 0.523. The number of benzene rings is 2. The molecule has 2 aromatic carbocycles. The number of ether oxygens (including phenoxy) is 1. The molecule has 1 fully saturated rings. The fourth-order valence-corrected chi connectivity index (χ4v) is 3.71. The first-order valence-electron chi connectivity index (χ1n) is 10.7. The Morgan fingerprint density at radius 3 is 2.25 bits per heavy atom. The summed E-state index contributed by atoms with van der Waals surface area (Å²) >= 11 is 0. The fourth-order valence-electron chi connectivity index (χ4n) is 3.71. The summed E-state index contributed by atoms with van der Waals surface area (Å²) < 4.78 is 5.94. The van der Waals surface area contributed by atoms with Gasteiger partial charge >= 0.3 is 0 Å². The van der Waals surface area contributed by atoms with Gasteiger partial charge in [-0.3, -0.25) is 4.90 Å². The highest BCUT2D eigenvalue weighted by Crippen LogP contribution is 2.27. The van der Waals surface area contributed by atoms with E-state index in [1.165, 1.54) is 56.3 Å². The summed E-state index contributed by atoms with van der Waals surface area (Å²) in [5, 5.41) is 9.61. The van der Waals surface area contributed by atoms with Gasteiger partial charge in [-0.2, -0.15) is 0 Å². The van der Waals surface area contributed by atoms with E-state index >= 15 is 0 Å². The van der Waals surface area contributed by atoms with E-state index in [0.717, 1.165) is 30.9 Å². The molecule has 150 valence electrons. The summed E-state index contributed by atoms with van der Waals surface area (Å²) in [4.78, 5) is 2.47. The smallest absolute Gasteiger partial charge is 0.119 e. The summed E-state index contributed by atoms with van der Waals surface area (Å²) in [6.07, 6.45) is 9.72. The number of hydrogen-bond donors (Lipinski definition) is 1. The molecular formula is C25H33NO2. The first-order valence-corrected chi connectivity index (χ1v) is 10.7. The summed E-state index contributed by atoms with van der Waals surface area (Å²) in [6.45, 7) is 6.41. The molecule has 1 N–H and O–H groups in total. The van der Waals surface area contributed by atoms with Gasteiger partial charge in [0.05, 0.1) is 0 Å². The number of phenolic OH excluding ortho intramolecular Hbond substituents is 1. The molecule has 2 aromatic rings. The Hall–Kier alpha value is -2.26. The number of likely N-dealkylation sites (tertiary alicyclic amines) is 1. The molecule has 1 saturated heterocycles. The molecule has 0 unspecified atom stereocenters. The van der Waals surface area contributed by atoms with Crippen molar-refractivity contribution in [3.05, 3.63) is 65.7 Å². The van der Waals surface area contributed by atoms with Crippen LogP contribution in [0.25, 0.3) is 5.57 Å². The van der Waals surface area contributed by atoms with Crippen LogP contribution in [0.4, 0.5) is 0 Å². The van der Waals surface area contributed by atoms with Gasteiger partial charge < -0.3 is 9.84 Å². The van der Waals surface area contributed by atoms with Gasteiger partial charge in [0.1, 0.15) is 18.1 Å². The molecule has 0 saturated carbocycles. The molecule has 1 aliphatic heterocycles. The predicted octanol–water partition coefficient (Wildman–Crippen LogP) is 5.88. The fraction of sp³-hybridized carbons (Fsp3) is 0.440. The van der Waals surface area contributed by atoms with Crippen molar-refractivity contribution in [2.45, 2.75) is 45.4 Å². The Balaban J connectivity index is 1.65. The Labute approximate surface area is 169 Å². The third kappa shape index (κ3) is 6.13. The minimum Gasteiger partial charge on any atom is -0.508 e. The van der Waals surface area contributed by atoms with Crippen molar-refractivity contribution in [3.63, 3.8) is 0 Å². The lowest BCUT2D eigenvalue weighted by atomic mass is 9.96. The van der Waals surface area contributed by atoms with E-state index in [0.29, 0.717) is 5.75 Å². The van der Waals surface area contributed by atoms with Crippen LogP contribution >= 0.6 is 0 Å². The van der Waals surface area contributed by atoms with E-state index in [-0.39, 0.29) is 0 Å². The normalized spacial score (nSPS) is 15.1. The van der Waals surface area contributed by atoms with E-state index in [1.807, 2.05) is 12.1 Å². The minimum absolute atomic E-state index is 0.302. The van der Waals surface area contributed by atoms with Crippen molar-refractivity contribution >= 4 is 5.57 Å². The average Bonchev–Trinajstić information content (AvgIpc) is 3.23. The zero-order chi connectivity index (χ0) is 19.6. The van der Waals surface area contributed by atoms with Gasteiger partial charge in [0.25, 0.3) is 0 Å². The molecule has 3 rings (SSSR count). The number of phenols is 1. The first-order chi connectivity index (χ1) is 13.8. The van der Waals surface area contributed by atoms with E-state index < -0.39 is 0 Å². The number of nitrogens with zero attached hydrogens (tertiary/aromatic N) is 1. The SMILES string of the molecule is CCCCC/C=C(/c1ccc(O)cc1)c1ccc(OCCN2CCCC2)cc1. The Kier molecular flexibility index (Phi) is 7.98. The van der Waals surface area contributed by atoms with E-state index in [4.69, 9.17) is 4.74 Å². The first kappa shape index (κ1) is 20.5. The molecule has 0 aliphatic carbocycles. The van der Waals surface area contributed by atoms with Crippen LogP contribution in [0.3, 0.4) is 0 Å². The van der Waals surface area contributed by atoms with Gasteiger partial charge in [-0.1, -0.05) is 50.1 Å². The maximum atomic E-state index is 9.61. The van der Waals surface area contributed by atoms with Crippen molar-refractivity contribution in [3.8, 4) is 11.5 Å². The molecule has 1 aliphatic rings. The lowest BCUT2D eigenvalue weighted by Gasteiger charge is -2.15. The van der Waals surface area contributed by atoms with Crippen LogP contribution in [0.5, 0.6) is 11.5 Å². The molecule has 0 amide bonds. The number of rotatable bonds is 10. The van der Waals surface area contributed by atoms with Crippen LogP contribution in [-0.4, -0.2) is 36.2 Å². The van der Waals surface area contributed by atoms with Crippen LogP contribution in [0.2, 0.25) is 0 Å². The molecule has 28 heavy (non-hydrogen) atoms. The van der Waals surface area contributed by atoms with Crippen molar-refractivity contribution < 1.29 is 9.84 Å². The summed E-state index contributed by atoms with van der Waals surface area (Å²) in [7, 11) is 0. The lowest BCUT2D eigenvalue weighted by Crippen LogP contribution is -2.25. The summed E-state index contributed by atoms with van der Waals surface area (Å²) in [5.41, 5.74) is 3.55. The van der Waals surface area contributed by atoms with Gasteiger partial charge in [-0.05, 0) is 79.7 Å². The van der Waals surface area contributed by atoms with Gasteiger partial charge in [0, 0.05) is 6.54 Å². The van der Waals surface area contributed by atoms with Crippen molar-refractivity contribution in [1.29, 1.82) is 0 Å². The molecule has 0 atom stereocenters. The maximum absolute atomic E-state index is 9.61. The third-order valence-corrected chi connectivity index (χ3v) is 5.37. The van der Waals surface area contributed by atoms with Gasteiger partial charge in [-0.25, -0.2) is 0 Å². The van der Waals surface area contributed by atoms with E-state index in [9.17, 15) is 5.11 Å². The number of hydrogen-bond acceptors (Lipinski definition) is 3. The Morgan fingerprint density at radius 2 is 1.61 bits per heavy atom. The van der Waals surface area contributed by atoms with E-state index in [2.05, 4.69) is 42.2 Å². The minimum atomic E-state index is 0.302. The Morgan fingerprint density at radius 1 is 0.964 bits per heavy atom. The molecule has 0 bridgehead atoms. The maximum Gasteiger partial charge on any atom is 0.119 e. The second-order valence-corrected chi connectivity index (χ2v) is 7.58. The van der Waals surface area contributed by atoms with Crippen LogP contribution in [-0.2, 0) is 0 Å². The number of allylic oxidation sites excluding steroid dienone is 1. The van der Waals surface area contributed by atoms with Crippen LogP contribution in [0.15, 0.2) is 54.6 Å². The van der Waals surface area contributed by atoms with Crippen LogP contribution < -0.4 is 4.74 Å². The predicted molar refractivity (Wildman–Crippen MR) is 117 cm³/mol. The largest absolute Gasteiger partial charge is 0.508 e. The topological polar surface area (TPSA) is 32.7 Å².